The third kappa shape index (κ3) is 8.43. The second-order valence-electron chi connectivity index (χ2n) is 9.08. The molecule has 2 aliphatic rings. The van der Waals surface area contributed by atoms with Crippen molar-refractivity contribution in [2.75, 3.05) is 19.6 Å². The molecule has 0 aromatic heterocycles. The molecule has 3 rings (SSSR count). The largest absolute Gasteiger partial charge is 0.356 e. The van der Waals surface area contributed by atoms with Crippen molar-refractivity contribution >= 4 is 41.2 Å². The SMILES string of the molecule is CCNC(=O)C(=O)C(C[C@@H]1CCNC1=O)NC[C@H](CC1CC1)NC(=O)/C=C/c1ccc(Cl)cc1F. The lowest BCUT2D eigenvalue weighted by Gasteiger charge is -2.24. The standard InChI is InChI=1S/C25H32ClFN4O4/c1-2-28-25(35)23(33)21(12-17-9-10-29-24(17)34)30-14-19(11-15-3-4-15)31-22(32)8-6-16-5-7-18(26)13-20(16)27/h5-8,13,15,17,19,21,30H,2-4,9-12,14H2,1H3,(H,28,35)(H,29,34)(H,31,32)/b8-6+/t17-,19-,21?/m0/s1. The topological polar surface area (TPSA) is 116 Å². The molecule has 2 fully saturated rings. The van der Waals surface area contributed by atoms with E-state index in [9.17, 15) is 23.6 Å². The van der Waals surface area contributed by atoms with E-state index in [1.165, 1.54) is 24.3 Å². The van der Waals surface area contributed by atoms with Crippen LogP contribution in [0.3, 0.4) is 0 Å². The van der Waals surface area contributed by atoms with Gasteiger partial charge < -0.3 is 21.3 Å². The smallest absolute Gasteiger partial charge is 0.289 e. The van der Waals surface area contributed by atoms with Gasteiger partial charge in [-0.15, -0.1) is 0 Å². The fraction of sp³-hybridized carbons (Fsp3) is 0.520. The lowest BCUT2D eigenvalue weighted by atomic mass is 9.95. The molecule has 0 bridgehead atoms. The van der Waals surface area contributed by atoms with Gasteiger partial charge >= 0.3 is 0 Å². The molecule has 8 nitrogen and oxygen atoms in total. The van der Waals surface area contributed by atoms with Crippen LogP contribution in [0.25, 0.3) is 6.08 Å². The van der Waals surface area contributed by atoms with Crippen LogP contribution < -0.4 is 21.3 Å². The number of amides is 3. The number of hydrogen-bond donors (Lipinski definition) is 4. The van der Waals surface area contributed by atoms with Crippen molar-refractivity contribution in [1.29, 1.82) is 0 Å². The summed E-state index contributed by atoms with van der Waals surface area (Å²) in [6, 6.07) is 3.07. The van der Waals surface area contributed by atoms with Gasteiger partial charge in [0.15, 0.2) is 0 Å². The van der Waals surface area contributed by atoms with Crippen molar-refractivity contribution in [2.45, 2.75) is 51.1 Å². The summed E-state index contributed by atoms with van der Waals surface area (Å²) < 4.78 is 14.0. The van der Waals surface area contributed by atoms with E-state index < -0.39 is 29.5 Å². The summed E-state index contributed by atoms with van der Waals surface area (Å²) in [6.45, 7) is 2.85. The van der Waals surface area contributed by atoms with E-state index in [1.807, 2.05) is 0 Å². The van der Waals surface area contributed by atoms with Gasteiger partial charge in [0, 0.05) is 48.3 Å². The van der Waals surface area contributed by atoms with E-state index in [0.717, 1.165) is 12.8 Å². The molecule has 35 heavy (non-hydrogen) atoms. The minimum atomic E-state index is -0.840. The number of ketones is 1. The molecular formula is C25H32ClFN4O4. The van der Waals surface area contributed by atoms with Crippen molar-refractivity contribution in [3.8, 4) is 0 Å². The zero-order valence-electron chi connectivity index (χ0n) is 19.7. The molecule has 1 aliphatic carbocycles. The molecule has 1 aromatic rings. The molecule has 1 aromatic carbocycles. The van der Waals surface area contributed by atoms with Crippen LogP contribution in [0.15, 0.2) is 24.3 Å². The van der Waals surface area contributed by atoms with Crippen molar-refractivity contribution in [2.24, 2.45) is 11.8 Å². The molecule has 1 aliphatic heterocycles. The molecule has 10 heteroatoms. The molecule has 1 unspecified atom stereocenters. The van der Waals surface area contributed by atoms with Crippen molar-refractivity contribution in [1.82, 2.24) is 21.3 Å². The quantitative estimate of drug-likeness (QED) is 0.241. The summed E-state index contributed by atoms with van der Waals surface area (Å²) in [7, 11) is 0. The Morgan fingerprint density at radius 2 is 2.00 bits per heavy atom. The first kappa shape index (κ1) is 26.8. The highest BCUT2D eigenvalue weighted by molar-refractivity contribution is 6.38. The Morgan fingerprint density at radius 1 is 1.23 bits per heavy atom. The number of carbonyl (C=O) groups excluding carboxylic acids is 4. The first-order valence-electron chi connectivity index (χ1n) is 12.0. The average molecular weight is 507 g/mol. The summed E-state index contributed by atoms with van der Waals surface area (Å²) in [6.07, 6.45) is 6.31. The van der Waals surface area contributed by atoms with Crippen LogP contribution in [-0.4, -0.2) is 55.2 Å². The van der Waals surface area contributed by atoms with Gasteiger partial charge in [0.1, 0.15) is 5.82 Å². The zero-order chi connectivity index (χ0) is 25.4. The van der Waals surface area contributed by atoms with Crippen LogP contribution in [0.2, 0.25) is 5.02 Å². The van der Waals surface area contributed by atoms with Crippen LogP contribution in [0.4, 0.5) is 4.39 Å². The van der Waals surface area contributed by atoms with E-state index in [4.69, 9.17) is 11.6 Å². The Labute approximate surface area is 209 Å². The summed E-state index contributed by atoms with van der Waals surface area (Å²) in [5.41, 5.74) is 0.240. The van der Waals surface area contributed by atoms with Crippen molar-refractivity contribution in [3.63, 3.8) is 0 Å². The second kappa shape index (κ2) is 12.8. The van der Waals surface area contributed by atoms with Gasteiger partial charge in [-0.25, -0.2) is 4.39 Å². The summed E-state index contributed by atoms with van der Waals surface area (Å²) in [5, 5.41) is 11.6. The Hall–Kier alpha value is -2.78. The van der Waals surface area contributed by atoms with Crippen molar-refractivity contribution in [3.05, 3.63) is 40.7 Å². The van der Waals surface area contributed by atoms with Gasteiger partial charge in [-0.2, -0.15) is 0 Å². The Morgan fingerprint density at radius 3 is 2.63 bits per heavy atom. The predicted molar refractivity (Wildman–Crippen MR) is 131 cm³/mol. The molecule has 3 amide bonds. The normalized spacial score (nSPS) is 19.3. The molecule has 0 radical (unpaired) electrons. The van der Waals surface area contributed by atoms with Crippen LogP contribution in [0.5, 0.6) is 0 Å². The maximum absolute atomic E-state index is 14.0. The van der Waals surface area contributed by atoms with E-state index in [-0.39, 0.29) is 41.4 Å². The van der Waals surface area contributed by atoms with Crippen LogP contribution in [0.1, 0.15) is 44.6 Å². The van der Waals surface area contributed by atoms with Gasteiger partial charge in [0.2, 0.25) is 17.6 Å². The Kier molecular flexibility index (Phi) is 9.80. The van der Waals surface area contributed by atoms with Gasteiger partial charge in [-0.05, 0) is 50.3 Å². The third-order valence-corrected chi connectivity index (χ3v) is 6.44. The first-order chi connectivity index (χ1) is 16.8. The van der Waals surface area contributed by atoms with Crippen LogP contribution in [0, 0.1) is 17.7 Å². The van der Waals surface area contributed by atoms with Crippen LogP contribution >= 0.6 is 11.6 Å². The first-order valence-corrected chi connectivity index (χ1v) is 12.4. The number of rotatable bonds is 13. The summed E-state index contributed by atoms with van der Waals surface area (Å²) in [5.74, 6) is -2.23. The molecule has 190 valence electrons. The lowest BCUT2D eigenvalue weighted by Crippen LogP contribution is -2.51. The maximum atomic E-state index is 14.0. The maximum Gasteiger partial charge on any atom is 0.289 e. The van der Waals surface area contributed by atoms with Gasteiger partial charge in [0.05, 0.1) is 6.04 Å². The van der Waals surface area contributed by atoms with Crippen molar-refractivity contribution < 1.29 is 23.6 Å². The number of halogens is 2. The Bertz CT molecular complexity index is 982. The van der Waals surface area contributed by atoms with E-state index in [0.29, 0.717) is 31.8 Å². The number of nitrogens with one attached hydrogen (secondary N) is 4. The van der Waals surface area contributed by atoms with Crippen LogP contribution in [-0.2, 0) is 19.2 Å². The predicted octanol–water partition coefficient (Wildman–Crippen LogP) is 1.97. The average Bonchev–Trinajstić information content (AvgIpc) is 3.54. The fourth-order valence-electron chi connectivity index (χ4n) is 4.13. The monoisotopic (exact) mass is 506 g/mol. The minimum absolute atomic E-state index is 0.122. The van der Waals surface area contributed by atoms with Gasteiger partial charge in [-0.3, -0.25) is 19.2 Å². The Balaban J connectivity index is 1.63. The molecular weight excluding hydrogens is 475 g/mol. The number of carbonyl (C=O) groups is 4. The lowest BCUT2D eigenvalue weighted by molar-refractivity contribution is -0.139. The fourth-order valence-corrected chi connectivity index (χ4v) is 4.29. The zero-order valence-corrected chi connectivity index (χ0v) is 20.5. The highest BCUT2D eigenvalue weighted by Crippen LogP contribution is 2.33. The minimum Gasteiger partial charge on any atom is -0.356 e. The highest BCUT2D eigenvalue weighted by atomic mass is 35.5. The number of likely N-dealkylation sites (N-methyl/N-ethyl adjacent to an activating group) is 1. The molecule has 4 N–H and O–H groups in total. The number of Topliss-reactive ketones (excluding diaryl/α,β-unsaturated/α-hetero) is 1. The molecule has 1 heterocycles. The van der Waals surface area contributed by atoms with E-state index >= 15 is 0 Å². The number of benzene rings is 1. The number of hydrogen-bond acceptors (Lipinski definition) is 5. The summed E-state index contributed by atoms with van der Waals surface area (Å²) in [4.78, 5) is 49.6. The summed E-state index contributed by atoms with van der Waals surface area (Å²) >= 11 is 5.76. The van der Waals surface area contributed by atoms with Gasteiger partial charge in [-0.1, -0.05) is 30.5 Å². The molecule has 1 saturated heterocycles. The highest BCUT2D eigenvalue weighted by Gasteiger charge is 2.34. The molecule has 1 saturated carbocycles. The molecule has 3 atom stereocenters. The van der Waals surface area contributed by atoms with E-state index in [1.54, 1.807) is 13.0 Å². The van der Waals surface area contributed by atoms with E-state index in [2.05, 4.69) is 21.3 Å². The molecule has 0 spiro atoms. The second-order valence-corrected chi connectivity index (χ2v) is 9.52. The third-order valence-electron chi connectivity index (χ3n) is 6.21. The van der Waals surface area contributed by atoms with Gasteiger partial charge in [0.25, 0.3) is 5.91 Å².